The van der Waals surface area contributed by atoms with Crippen LogP contribution in [0.3, 0.4) is 0 Å². The molecule has 2 amide bonds. The minimum Gasteiger partial charge on any atom is -0.493 e. The molecule has 3 N–H and O–H groups in total. The van der Waals surface area contributed by atoms with Gasteiger partial charge in [-0.2, -0.15) is 0 Å². The van der Waals surface area contributed by atoms with E-state index in [1.165, 1.54) is 0 Å². The Balaban J connectivity index is 1.86. The maximum absolute atomic E-state index is 10.8. The molecule has 0 aliphatic heterocycles. The zero-order chi connectivity index (χ0) is 17.8. The van der Waals surface area contributed by atoms with Crippen LogP contribution in [0.5, 0.6) is 11.6 Å². The largest absolute Gasteiger partial charge is 0.493 e. The van der Waals surface area contributed by atoms with E-state index in [0.717, 1.165) is 16.8 Å². The highest BCUT2D eigenvalue weighted by Gasteiger charge is 2.16. The molecule has 7 nitrogen and oxygen atoms in total. The van der Waals surface area contributed by atoms with Crippen LogP contribution in [0.1, 0.15) is 5.56 Å². The standard InChI is InChI=1S/C18H18N4O3/c1-12-5-4-6-13(11-12)25-10-9-22-15-8-3-2-7-14(15)16(17(22)23)20-21-18(19)24/h2-8,11,23H,9-10H2,1H3,(H2,19,24). The van der Waals surface area contributed by atoms with Crippen molar-refractivity contribution < 1.29 is 14.6 Å². The predicted octanol–water partition coefficient (Wildman–Crippen LogP) is 3.90. The zero-order valence-electron chi connectivity index (χ0n) is 13.7. The van der Waals surface area contributed by atoms with E-state index in [1.54, 1.807) is 10.6 Å². The van der Waals surface area contributed by atoms with Crippen molar-refractivity contribution >= 4 is 22.6 Å². The van der Waals surface area contributed by atoms with Gasteiger partial charge < -0.3 is 20.1 Å². The van der Waals surface area contributed by atoms with Gasteiger partial charge in [0.25, 0.3) is 0 Å². The molecule has 1 heterocycles. The first-order valence-corrected chi connectivity index (χ1v) is 7.77. The summed E-state index contributed by atoms with van der Waals surface area (Å²) < 4.78 is 7.41. The molecule has 128 valence electrons. The summed E-state index contributed by atoms with van der Waals surface area (Å²) in [6, 6.07) is 14.1. The van der Waals surface area contributed by atoms with Gasteiger partial charge in [0.05, 0.1) is 12.1 Å². The summed E-state index contributed by atoms with van der Waals surface area (Å²) in [7, 11) is 0. The third-order valence-corrected chi connectivity index (χ3v) is 3.74. The number of nitrogens with zero attached hydrogens (tertiary/aromatic N) is 3. The van der Waals surface area contributed by atoms with Crippen molar-refractivity contribution in [3.8, 4) is 11.6 Å². The van der Waals surface area contributed by atoms with Crippen LogP contribution < -0.4 is 10.5 Å². The van der Waals surface area contributed by atoms with Crippen molar-refractivity contribution in [2.24, 2.45) is 16.0 Å². The van der Waals surface area contributed by atoms with Crippen LogP contribution >= 0.6 is 0 Å². The molecule has 0 spiro atoms. The highest BCUT2D eigenvalue weighted by molar-refractivity contribution is 5.95. The number of fused-ring (bicyclic) bond motifs is 1. The third kappa shape index (κ3) is 3.60. The summed E-state index contributed by atoms with van der Waals surface area (Å²) in [5.41, 5.74) is 7.08. The third-order valence-electron chi connectivity index (χ3n) is 3.74. The first kappa shape index (κ1) is 16.5. The molecule has 3 aromatic rings. The Morgan fingerprint density at radius 3 is 2.80 bits per heavy atom. The van der Waals surface area contributed by atoms with E-state index in [1.807, 2.05) is 49.4 Å². The maximum Gasteiger partial charge on any atom is 0.356 e. The van der Waals surface area contributed by atoms with E-state index < -0.39 is 6.03 Å². The molecule has 7 heteroatoms. The number of carbonyl (C=O) groups is 1. The quantitative estimate of drug-likeness (QED) is 0.690. The number of rotatable bonds is 5. The average molecular weight is 338 g/mol. The van der Waals surface area contributed by atoms with Crippen LogP contribution in [0.4, 0.5) is 10.5 Å². The van der Waals surface area contributed by atoms with Gasteiger partial charge in [0, 0.05) is 5.39 Å². The Morgan fingerprint density at radius 1 is 1.24 bits per heavy atom. The fourth-order valence-electron chi connectivity index (χ4n) is 2.66. The van der Waals surface area contributed by atoms with Crippen molar-refractivity contribution in [2.75, 3.05) is 6.61 Å². The topological polar surface area (TPSA) is 102 Å². The van der Waals surface area contributed by atoms with E-state index >= 15 is 0 Å². The second-order valence-corrected chi connectivity index (χ2v) is 5.54. The number of hydrogen-bond acceptors (Lipinski definition) is 4. The lowest BCUT2D eigenvalue weighted by Gasteiger charge is -2.09. The van der Waals surface area contributed by atoms with Crippen molar-refractivity contribution in [2.45, 2.75) is 13.5 Å². The van der Waals surface area contributed by atoms with E-state index in [2.05, 4.69) is 10.2 Å². The number of aromatic nitrogens is 1. The lowest BCUT2D eigenvalue weighted by Crippen LogP contribution is -2.07. The number of aryl methyl sites for hydroxylation is 1. The minimum atomic E-state index is -0.918. The molecule has 2 aromatic carbocycles. The van der Waals surface area contributed by atoms with Gasteiger partial charge in [0.1, 0.15) is 12.4 Å². The second kappa shape index (κ2) is 7.04. The van der Waals surface area contributed by atoms with Crippen LogP contribution in [0.2, 0.25) is 0 Å². The molecule has 0 fully saturated rings. The van der Waals surface area contributed by atoms with Gasteiger partial charge >= 0.3 is 6.03 Å². The monoisotopic (exact) mass is 338 g/mol. The normalized spacial score (nSPS) is 11.2. The molecule has 0 radical (unpaired) electrons. The van der Waals surface area contributed by atoms with Crippen LogP contribution in [0, 0.1) is 6.92 Å². The fraction of sp³-hybridized carbons (Fsp3) is 0.167. The zero-order valence-corrected chi connectivity index (χ0v) is 13.7. The fourth-order valence-corrected chi connectivity index (χ4v) is 2.66. The number of nitrogens with two attached hydrogens (primary N) is 1. The molecule has 0 unspecified atom stereocenters. The summed E-state index contributed by atoms with van der Waals surface area (Å²) in [6.45, 7) is 2.77. The van der Waals surface area contributed by atoms with E-state index in [9.17, 15) is 9.90 Å². The smallest absolute Gasteiger partial charge is 0.356 e. The summed E-state index contributed by atoms with van der Waals surface area (Å²) in [6.07, 6.45) is 0. The number of amides is 2. The lowest BCUT2D eigenvalue weighted by atomic mass is 10.2. The molecular weight excluding hydrogens is 320 g/mol. The van der Waals surface area contributed by atoms with Gasteiger partial charge in [-0.1, -0.05) is 35.4 Å². The summed E-state index contributed by atoms with van der Waals surface area (Å²) >= 11 is 0. The first-order valence-electron chi connectivity index (χ1n) is 7.77. The number of azo groups is 1. The minimum absolute atomic E-state index is 0.0842. The lowest BCUT2D eigenvalue weighted by molar-refractivity contribution is 0.255. The number of ether oxygens (including phenoxy) is 1. The van der Waals surface area contributed by atoms with Crippen molar-refractivity contribution in [3.63, 3.8) is 0 Å². The Hall–Kier alpha value is -3.35. The summed E-state index contributed by atoms with van der Waals surface area (Å²) in [4.78, 5) is 10.8. The van der Waals surface area contributed by atoms with Crippen LogP contribution in [0.15, 0.2) is 58.8 Å². The number of urea groups is 1. The van der Waals surface area contributed by atoms with Crippen LogP contribution in [0.25, 0.3) is 10.9 Å². The predicted molar refractivity (Wildman–Crippen MR) is 94.4 cm³/mol. The van der Waals surface area contributed by atoms with Gasteiger partial charge in [-0.05, 0) is 30.7 Å². The highest BCUT2D eigenvalue weighted by atomic mass is 16.5. The number of carbonyl (C=O) groups excluding carboxylic acids is 1. The van der Waals surface area contributed by atoms with Crippen LogP contribution in [-0.2, 0) is 6.54 Å². The summed E-state index contributed by atoms with van der Waals surface area (Å²) in [5, 5.41) is 18.2. The van der Waals surface area contributed by atoms with Gasteiger partial charge in [-0.15, -0.1) is 5.11 Å². The Bertz CT molecular complexity index is 947. The molecule has 0 atom stereocenters. The van der Waals surface area contributed by atoms with Crippen molar-refractivity contribution in [1.82, 2.24) is 4.57 Å². The van der Waals surface area contributed by atoms with E-state index in [0.29, 0.717) is 18.5 Å². The number of para-hydroxylation sites is 1. The molecule has 25 heavy (non-hydrogen) atoms. The SMILES string of the molecule is Cc1cccc(OCCn2c(O)c(N=NC(N)=O)c3ccccc32)c1. The summed E-state index contributed by atoms with van der Waals surface area (Å²) in [5.74, 6) is 0.684. The number of hydrogen-bond donors (Lipinski definition) is 2. The number of benzene rings is 2. The molecule has 3 rings (SSSR count). The maximum atomic E-state index is 10.8. The first-order chi connectivity index (χ1) is 12.1. The van der Waals surface area contributed by atoms with Gasteiger partial charge in [0.2, 0.25) is 5.88 Å². The molecule has 0 aliphatic rings. The molecular formula is C18H18N4O3. The Labute approximate surface area is 144 Å². The molecule has 0 aliphatic carbocycles. The van der Waals surface area contributed by atoms with E-state index in [4.69, 9.17) is 10.5 Å². The van der Waals surface area contributed by atoms with Gasteiger partial charge in [0.15, 0.2) is 5.69 Å². The van der Waals surface area contributed by atoms with Gasteiger partial charge in [-0.3, -0.25) is 0 Å². The van der Waals surface area contributed by atoms with Crippen molar-refractivity contribution in [3.05, 3.63) is 54.1 Å². The second-order valence-electron chi connectivity index (χ2n) is 5.54. The van der Waals surface area contributed by atoms with E-state index in [-0.39, 0.29) is 11.6 Å². The number of aromatic hydroxyl groups is 1. The molecule has 1 aromatic heterocycles. The average Bonchev–Trinajstić information content (AvgIpc) is 2.85. The number of primary amides is 1. The molecule has 0 bridgehead atoms. The Kier molecular flexibility index (Phi) is 4.65. The highest BCUT2D eigenvalue weighted by Crippen LogP contribution is 2.38. The van der Waals surface area contributed by atoms with Crippen LogP contribution in [-0.4, -0.2) is 22.3 Å². The molecule has 0 saturated heterocycles. The van der Waals surface area contributed by atoms with Gasteiger partial charge in [-0.25, -0.2) is 4.79 Å². The van der Waals surface area contributed by atoms with Crippen molar-refractivity contribution in [1.29, 1.82) is 0 Å². The molecule has 0 saturated carbocycles. The Morgan fingerprint density at radius 2 is 2.04 bits per heavy atom.